The smallest absolute Gasteiger partial charge is 0.163 e. The molecule has 1 aliphatic carbocycles. The van der Waals surface area contributed by atoms with E-state index in [0.717, 1.165) is 25.7 Å². The highest BCUT2D eigenvalue weighted by Gasteiger charge is 2.29. The largest absolute Gasteiger partial charge is 0.512 e. The third kappa shape index (κ3) is 4.70. The van der Waals surface area contributed by atoms with Crippen molar-refractivity contribution in [3.8, 4) is 6.07 Å². The molecule has 0 bridgehead atoms. The third-order valence-electron chi connectivity index (χ3n) is 4.28. The maximum Gasteiger partial charge on any atom is 0.163 e. The second kappa shape index (κ2) is 6.75. The summed E-state index contributed by atoms with van der Waals surface area (Å²) in [5, 5.41) is 18.8. The maximum atomic E-state index is 12.0. The molecule has 0 spiro atoms. The molecule has 3 nitrogen and oxygen atoms in total. The minimum atomic E-state index is -0.271. The first-order valence-electron chi connectivity index (χ1n) is 7.21. The molecule has 0 amide bonds. The van der Waals surface area contributed by atoms with Crippen molar-refractivity contribution in [3.63, 3.8) is 0 Å². The van der Waals surface area contributed by atoms with Crippen LogP contribution in [0.4, 0.5) is 0 Å². The molecule has 0 radical (unpaired) electrons. The van der Waals surface area contributed by atoms with E-state index >= 15 is 0 Å². The van der Waals surface area contributed by atoms with Crippen LogP contribution in [-0.2, 0) is 4.79 Å². The van der Waals surface area contributed by atoms with Crippen molar-refractivity contribution >= 4 is 5.78 Å². The second-order valence-corrected chi connectivity index (χ2v) is 6.38. The zero-order chi connectivity index (χ0) is 14.5. The summed E-state index contributed by atoms with van der Waals surface area (Å²) < 4.78 is 0. The first-order chi connectivity index (χ1) is 8.89. The molecule has 1 fully saturated rings. The van der Waals surface area contributed by atoms with Crippen molar-refractivity contribution in [2.24, 2.45) is 17.3 Å². The van der Waals surface area contributed by atoms with E-state index in [4.69, 9.17) is 5.26 Å². The SMILES string of the molecule is CCC(CC#N)C(=O)/C=C(\O)C1CCC(C)(C)CC1. The Kier molecular flexibility index (Phi) is 5.60. The zero-order valence-electron chi connectivity index (χ0n) is 12.3. The van der Waals surface area contributed by atoms with E-state index in [9.17, 15) is 9.90 Å². The highest BCUT2D eigenvalue weighted by atomic mass is 16.3. The number of carbonyl (C=O) groups is 1. The number of hydrogen-bond acceptors (Lipinski definition) is 3. The Morgan fingerprint density at radius 2 is 2.05 bits per heavy atom. The fourth-order valence-electron chi connectivity index (χ4n) is 2.63. The molecule has 1 aliphatic rings. The number of carbonyl (C=O) groups excluding carboxylic acids is 1. The molecule has 19 heavy (non-hydrogen) atoms. The number of aliphatic hydroxyl groups is 1. The summed E-state index contributed by atoms with van der Waals surface area (Å²) >= 11 is 0. The standard InChI is InChI=1S/C16H25NO2/c1-4-12(7-10-17)14(18)11-15(19)13-5-8-16(2,3)9-6-13/h11-13,19H,4-9H2,1-3H3/b15-11-. The highest BCUT2D eigenvalue weighted by molar-refractivity contribution is 5.92. The van der Waals surface area contributed by atoms with Gasteiger partial charge in [0.25, 0.3) is 0 Å². The van der Waals surface area contributed by atoms with E-state index in [0.29, 0.717) is 11.8 Å². The molecular formula is C16H25NO2. The lowest BCUT2D eigenvalue weighted by Gasteiger charge is -2.33. The Bertz CT molecular complexity index is 380. The van der Waals surface area contributed by atoms with Crippen molar-refractivity contribution in [1.82, 2.24) is 0 Å². The van der Waals surface area contributed by atoms with E-state index in [-0.39, 0.29) is 29.8 Å². The van der Waals surface area contributed by atoms with Gasteiger partial charge in [-0.3, -0.25) is 4.79 Å². The van der Waals surface area contributed by atoms with Gasteiger partial charge in [0, 0.05) is 24.3 Å². The summed E-state index contributed by atoms with van der Waals surface area (Å²) in [7, 11) is 0. The quantitative estimate of drug-likeness (QED) is 0.598. The van der Waals surface area contributed by atoms with Crippen molar-refractivity contribution in [1.29, 1.82) is 5.26 Å². The number of ketones is 1. The van der Waals surface area contributed by atoms with Crippen LogP contribution in [0.25, 0.3) is 0 Å². The molecule has 1 saturated carbocycles. The number of nitrogens with zero attached hydrogens (tertiary/aromatic N) is 1. The molecule has 1 unspecified atom stereocenters. The van der Waals surface area contributed by atoms with Crippen LogP contribution in [0.1, 0.15) is 59.3 Å². The first-order valence-corrected chi connectivity index (χ1v) is 7.21. The first kappa shape index (κ1) is 15.8. The average Bonchev–Trinajstić information content (AvgIpc) is 2.35. The molecular weight excluding hydrogens is 238 g/mol. The molecule has 0 aliphatic heterocycles. The lowest BCUT2D eigenvalue weighted by Crippen LogP contribution is -2.23. The van der Waals surface area contributed by atoms with Crippen molar-refractivity contribution in [2.75, 3.05) is 0 Å². The Labute approximate surface area is 116 Å². The number of aliphatic hydroxyl groups excluding tert-OH is 1. The van der Waals surface area contributed by atoms with Crippen LogP contribution in [0.15, 0.2) is 11.8 Å². The lowest BCUT2D eigenvalue weighted by molar-refractivity contribution is -0.118. The normalized spacial score (nSPS) is 21.7. The molecule has 0 heterocycles. The van der Waals surface area contributed by atoms with Gasteiger partial charge >= 0.3 is 0 Å². The van der Waals surface area contributed by atoms with Crippen molar-refractivity contribution in [3.05, 3.63) is 11.8 Å². The van der Waals surface area contributed by atoms with Crippen LogP contribution >= 0.6 is 0 Å². The topological polar surface area (TPSA) is 61.1 Å². The molecule has 3 heteroatoms. The third-order valence-corrected chi connectivity index (χ3v) is 4.28. The monoisotopic (exact) mass is 263 g/mol. The van der Waals surface area contributed by atoms with Gasteiger partial charge in [0.2, 0.25) is 0 Å². The average molecular weight is 263 g/mol. The predicted octanol–water partition coefficient (Wildman–Crippen LogP) is 4.15. The van der Waals surface area contributed by atoms with Crippen molar-refractivity contribution < 1.29 is 9.90 Å². The minimum Gasteiger partial charge on any atom is -0.512 e. The predicted molar refractivity (Wildman–Crippen MR) is 75.5 cm³/mol. The zero-order valence-corrected chi connectivity index (χ0v) is 12.3. The molecule has 1 atom stereocenters. The molecule has 0 aromatic heterocycles. The summed E-state index contributed by atoms with van der Waals surface area (Å²) in [6.07, 6.45) is 6.30. The van der Waals surface area contributed by atoms with Crippen LogP contribution in [0.2, 0.25) is 0 Å². The Morgan fingerprint density at radius 1 is 1.47 bits per heavy atom. The number of nitriles is 1. The van der Waals surface area contributed by atoms with Crippen molar-refractivity contribution in [2.45, 2.75) is 59.3 Å². The van der Waals surface area contributed by atoms with Gasteiger partial charge in [-0.05, 0) is 37.5 Å². The van der Waals surface area contributed by atoms with Gasteiger partial charge in [0.15, 0.2) is 5.78 Å². The highest BCUT2D eigenvalue weighted by Crippen LogP contribution is 2.40. The number of rotatable bonds is 5. The maximum absolute atomic E-state index is 12.0. The summed E-state index contributed by atoms with van der Waals surface area (Å²) in [4.78, 5) is 12.0. The van der Waals surface area contributed by atoms with E-state index < -0.39 is 0 Å². The number of allylic oxidation sites excluding steroid dienone is 2. The van der Waals surface area contributed by atoms with Gasteiger partial charge in [0.1, 0.15) is 0 Å². The Morgan fingerprint density at radius 3 is 2.53 bits per heavy atom. The fourth-order valence-corrected chi connectivity index (χ4v) is 2.63. The van der Waals surface area contributed by atoms with E-state index in [1.54, 1.807) is 0 Å². The Hall–Kier alpha value is -1.30. The summed E-state index contributed by atoms with van der Waals surface area (Å²) in [5.74, 6) is -0.0352. The lowest BCUT2D eigenvalue weighted by atomic mass is 9.72. The van der Waals surface area contributed by atoms with Gasteiger partial charge in [-0.1, -0.05) is 20.8 Å². The van der Waals surface area contributed by atoms with E-state index in [2.05, 4.69) is 13.8 Å². The molecule has 0 aromatic rings. The molecule has 106 valence electrons. The van der Waals surface area contributed by atoms with Gasteiger partial charge < -0.3 is 5.11 Å². The second-order valence-electron chi connectivity index (χ2n) is 6.38. The van der Waals surface area contributed by atoms with Gasteiger partial charge in [-0.2, -0.15) is 5.26 Å². The molecule has 0 aromatic carbocycles. The van der Waals surface area contributed by atoms with Crippen LogP contribution < -0.4 is 0 Å². The van der Waals surface area contributed by atoms with Gasteiger partial charge in [-0.15, -0.1) is 0 Å². The van der Waals surface area contributed by atoms with Gasteiger partial charge in [-0.25, -0.2) is 0 Å². The Balaban J connectivity index is 2.62. The van der Waals surface area contributed by atoms with E-state index in [1.807, 2.05) is 13.0 Å². The fraction of sp³-hybridized carbons (Fsp3) is 0.750. The van der Waals surface area contributed by atoms with Crippen LogP contribution in [0.3, 0.4) is 0 Å². The minimum absolute atomic E-state index is 0.105. The summed E-state index contributed by atoms with van der Waals surface area (Å²) in [6.45, 7) is 6.39. The summed E-state index contributed by atoms with van der Waals surface area (Å²) in [6, 6.07) is 2.03. The van der Waals surface area contributed by atoms with Gasteiger partial charge in [0.05, 0.1) is 11.8 Å². The van der Waals surface area contributed by atoms with Crippen LogP contribution in [-0.4, -0.2) is 10.9 Å². The molecule has 1 rings (SSSR count). The van der Waals surface area contributed by atoms with Crippen LogP contribution in [0.5, 0.6) is 0 Å². The number of hydrogen-bond donors (Lipinski definition) is 1. The molecule has 1 N–H and O–H groups in total. The van der Waals surface area contributed by atoms with E-state index in [1.165, 1.54) is 6.08 Å². The summed E-state index contributed by atoms with van der Waals surface area (Å²) in [5.41, 5.74) is 0.355. The molecule has 0 saturated heterocycles. The van der Waals surface area contributed by atoms with Crippen LogP contribution in [0, 0.1) is 28.6 Å².